The number of aliphatic hydroxyl groups excluding tert-OH is 1. The highest BCUT2D eigenvalue weighted by Gasteiger charge is 2.22. The summed E-state index contributed by atoms with van der Waals surface area (Å²) in [5, 5.41) is 16.6. The normalized spacial score (nSPS) is 12.9. The molecule has 0 radical (unpaired) electrons. The molecule has 1 atom stereocenters. The third kappa shape index (κ3) is 2.65. The van der Waals surface area contributed by atoms with Crippen molar-refractivity contribution in [3.05, 3.63) is 37.2 Å². The first-order valence-electron chi connectivity index (χ1n) is 5.27. The van der Waals surface area contributed by atoms with Crippen LogP contribution in [0.4, 0.5) is 0 Å². The summed E-state index contributed by atoms with van der Waals surface area (Å²) in [6.45, 7) is 2.90. The van der Waals surface area contributed by atoms with Gasteiger partial charge in [0.05, 0.1) is 21.2 Å². The molecular formula is C11H12Br2N2OS. The van der Waals surface area contributed by atoms with E-state index in [0.717, 1.165) is 32.5 Å². The van der Waals surface area contributed by atoms with Gasteiger partial charge in [-0.1, -0.05) is 6.92 Å². The minimum atomic E-state index is -0.646. The van der Waals surface area contributed by atoms with Crippen LogP contribution >= 0.6 is 43.2 Å². The maximum Gasteiger partial charge on any atom is 0.132 e. The minimum Gasteiger partial charge on any atom is -0.381 e. The van der Waals surface area contributed by atoms with Gasteiger partial charge in [0, 0.05) is 11.0 Å². The number of thiophene rings is 1. The second-order valence-electron chi connectivity index (χ2n) is 3.64. The Morgan fingerprint density at radius 1 is 1.47 bits per heavy atom. The Hall–Kier alpha value is -0.170. The van der Waals surface area contributed by atoms with Crippen LogP contribution in [0.25, 0.3) is 0 Å². The molecule has 0 spiro atoms. The van der Waals surface area contributed by atoms with Crippen molar-refractivity contribution in [1.29, 1.82) is 0 Å². The molecule has 0 aliphatic heterocycles. The van der Waals surface area contributed by atoms with Crippen molar-refractivity contribution in [3.63, 3.8) is 0 Å². The maximum absolute atomic E-state index is 10.4. The third-order valence-corrected chi connectivity index (χ3v) is 4.95. The summed E-state index contributed by atoms with van der Waals surface area (Å²) in [6, 6.07) is 1.94. The SMILES string of the molecule is CCCn1ncc(Br)c1C(O)c1sccc1Br. The van der Waals surface area contributed by atoms with E-state index in [1.807, 2.05) is 16.1 Å². The Labute approximate surface area is 121 Å². The molecule has 1 unspecified atom stereocenters. The van der Waals surface area contributed by atoms with Crippen molar-refractivity contribution < 1.29 is 5.11 Å². The van der Waals surface area contributed by atoms with E-state index in [4.69, 9.17) is 0 Å². The Bertz CT molecular complexity index is 509. The van der Waals surface area contributed by atoms with E-state index in [-0.39, 0.29) is 0 Å². The molecule has 0 bridgehead atoms. The molecule has 6 heteroatoms. The van der Waals surface area contributed by atoms with Gasteiger partial charge in [-0.3, -0.25) is 4.68 Å². The first-order chi connectivity index (χ1) is 8.15. The quantitative estimate of drug-likeness (QED) is 0.872. The fourth-order valence-electron chi connectivity index (χ4n) is 1.66. The van der Waals surface area contributed by atoms with Crippen LogP contribution in [0.5, 0.6) is 0 Å². The first kappa shape index (κ1) is 13.3. The zero-order chi connectivity index (χ0) is 12.4. The lowest BCUT2D eigenvalue weighted by Gasteiger charge is -2.13. The highest BCUT2D eigenvalue weighted by molar-refractivity contribution is 9.10. The van der Waals surface area contributed by atoms with Gasteiger partial charge in [-0.2, -0.15) is 5.10 Å². The van der Waals surface area contributed by atoms with Crippen molar-refractivity contribution >= 4 is 43.2 Å². The van der Waals surface area contributed by atoms with E-state index in [0.29, 0.717) is 0 Å². The topological polar surface area (TPSA) is 38.0 Å². The number of aromatic nitrogens is 2. The molecule has 0 aromatic carbocycles. The fourth-order valence-corrected chi connectivity index (χ4v) is 3.75. The van der Waals surface area contributed by atoms with Crippen LogP contribution in [0.2, 0.25) is 0 Å². The molecule has 1 N–H and O–H groups in total. The largest absolute Gasteiger partial charge is 0.381 e. The number of aliphatic hydroxyl groups is 1. The second-order valence-corrected chi connectivity index (χ2v) is 6.29. The van der Waals surface area contributed by atoms with Gasteiger partial charge in [-0.25, -0.2) is 0 Å². The van der Waals surface area contributed by atoms with Gasteiger partial charge in [0.15, 0.2) is 0 Å². The van der Waals surface area contributed by atoms with Crippen LogP contribution in [0.15, 0.2) is 26.6 Å². The Morgan fingerprint density at radius 3 is 2.82 bits per heavy atom. The molecule has 0 aliphatic carbocycles. The monoisotopic (exact) mass is 378 g/mol. The summed E-state index contributed by atoms with van der Waals surface area (Å²) in [5.41, 5.74) is 0.815. The number of hydrogen-bond acceptors (Lipinski definition) is 3. The second kappa shape index (κ2) is 5.65. The van der Waals surface area contributed by atoms with Crippen molar-refractivity contribution in [2.24, 2.45) is 0 Å². The van der Waals surface area contributed by atoms with Gasteiger partial charge in [0.2, 0.25) is 0 Å². The molecule has 0 saturated carbocycles. The summed E-state index contributed by atoms with van der Waals surface area (Å²) in [5.74, 6) is 0. The summed E-state index contributed by atoms with van der Waals surface area (Å²) >= 11 is 8.42. The van der Waals surface area contributed by atoms with Crippen molar-refractivity contribution in [3.8, 4) is 0 Å². The summed E-state index contributed by atoms with van der Waals surface area (Å²) in [7, 11) is 0. The van der Waals surface area contributed by atoms with Crippen LogP contribution in [-0.2, 0) is 6.54 Å². The number of nitrogens with zero attached hydrogens (tertiary/aromatic N) is 2. The Morgan fingerprint density at radius 2 is 2.24 bits per heavy atom. The van der Waals surface area contributed by atoms with E-state index >= 15 is 0 Å². The van der Waals surface area contributed by atoms with E-state index in [1.54, 1.807) is 6.20 Å². The number of aryl methyl sites for hydroxylation is 1. The number of rotatable bonds is 4. The molecular weight excluding hydrogens is 368 g/mol. The molecule has 2 rings (SSSR count). The Kier molecular flexibility index (Phi) is 4.41. The number of halogens is 2. The van der Waals surface area contributed by atoms with Crippen molar-refractivity contribution in [2.45, 2.75) is 26.0 Å². The first-order valence-corrected chi connectivity index (χ1v) is 7.73. The van der Waals surface area contributed by atoms with Crippen molar-refractivity contribution in [2.75, 3.05) is 0 Å². The zero-order valence-corrected chi connectivity index (χ0v) is 13.2. The van der Waals surface area contributed by atoms with Crippen LogP contribution in [-0.4, -0.2) is 14.9 Å². The molecule has 0 saturated heterocycles. The Balaban J connectivity index is 2.39. The molecule has 0 aliphatic rings. The lowest BCUT2D eigenvalue weighted by atomic mass is 10.2. The average molecular weight is 380 g/mol. The lowest BCUT2D eigenvalue weighted by Crippen LogP contribution is -2.10. The van der Waals surface area contributed by atoms with Gasteiger partial charge < -0.3 is 5.11 Å². The molecule has 0 amide bonds. The summed E-state index contributed by atoms with van der Waals surface area (Å²) < 4.78 is 3.63. The molecule has 92 valence electrons. The molecule has 17 heavy (non-hydrogen) atoms. The number of hydrogen-bond donors (Lipinski definition) is 1. The predicted octanol–water partition coefficient (Wildman–Crippen LogP) is 3.96. The molecule has 3 nitrogen and oxygen atoms in total. The van der Waals surface area contributed by atoms with E-state index < -0.39 is 6.10 Å². The fraction of sp³-hybridized carbons (Fsp3) is 0.364. The van der Waals surface area contributed by atoms with Crippen LogP contribution in [0.1, 0.15) is 30.0 Å². The standard InChI is InChI=1S/C11H12Br2N2OS/c1-2-4-15-9(8(13)6-14-15)10(16)11-7(12)3-5-17-11/h3,5-6,10,16H,2,4H2,1H3. The average Bonchev–Trinajstić information content (AvgIpc) is 2.86. The van der Waals surface area contributed by atoms with E-state index in [1.165, 1.54) is 11.3 Å². The lowest BCUT2D eigenvalue weighted by molar-refractivity contribution is 0.209. The third-order valence-electron chi connectivity index (χ3n) is 2.42. The highest BCUT2D eigenvalue weighted by atomic mass is 79.9. The summed E-state index contributed by atoms with van der Waals surface area (Å²) in [6.07, 6.45) is 2.07. The smallest absolute Gasteiger partial charge is 0.132 e. The van der Waals surface area contributed by atoms with E-state index in [9.17, 15) is 5.11 Å². The molecule has 2 aromatic rings. The van der Waals surface area contributed by atoms with Crippen molar-refractivity contribution in [1.82, 2.24) is 9.78 Å². The van der Waals surface area contributed by atoms with Crippen LogP contribution in [0, 0.1) is 0 Å². The molecule has 2 aromatic heterocycles. The van der Waals surface area contributed by atoms with Gasteiger partial charge in [0.1, 0.15) is 6.10 Å². The summed E-state index contributed by atoms with van der Waals surface area (Å²) in [4.78, 5) is 0.906. The van der Waals surface area contributed by atoms with Gasteiger partial charge in [-0.15, -0.1) is 11.3 Å². The van der Waals surface area contributed by atoms with Gasteiger partial charge >= 0.3 is 0 Å². The van der Waals surface area contributed by atoms with Gasteiger partial charge in [0.25, 0.3) is 0 Å². The molecule has 0 fully saturated rings. The highest BCUT2D eigenvalue weighted by Crippen LogP contribution is 2.35. The molecule has 2 heterocycles. The van der Waals surface area contributed by atoms with E-state index in [2.05, 4.69) is 43.9 Å². The minimum absolute atomic E-state index is 0.646. The van der Waals surface area contributed by atoms with Gasteiger partial charge in [-0.05, 0) is 49.7 Å². The van der Waals surface area contributed by atoms with Crippen LogP contribution < -0.4 is 0 Å². The maximum atomic E-state index is 10.4. The predicted molar refractivity (Wildman–Crippen MR) is 76.3 cm³/mol. The zero-order valence-electron chi connectivity index (χ0n) is 9.23. The van der Waals surface area contributed by atoms with Crippen LogP contribution in [0.3, 0.4) is 0 Å².